The summed E-state index contributed by atoms with van der Waals surface area (Å²) in [7, 11) is 0. The molecule has 0 N–H and O–H groups in total. The van der Waals surface area contributed by atoms with E-state index in [4.69, 9.17) is 14.2 Å². The molecule has 0 rings (SSSR count). The summed E-state index contributed by atoms with van der Waals surface area (Å²) in [6.45, 7) is 6.11. The molecule has 63 heavy (non-hydrogen) atoms. The summed E-state index contributed by atoms with van der Waals surface area (Å²) in [5, 5.41) is 0. The molecule has 0 radical (unpaired) electrons. The lowest BCUT2D eigenvalue weighted by Gasteiger charge is -2.18. The van der Waals surface area contributed by atoms with Gasteiger partial charge in [-0.15, -0.1) is 0 Å². The molecule has 0 aromatic carbocycles. The standard InChI is InChI=1S/C57H82O6/c1-4-7-10-13-16-19-21-23-25-27-28-30-31-33-35-38-41-44-47-50-56(59)62-53-54(52-61-55(58)49-46-43-40-37-18-15-12-9-6-3)63-57(60)51-48-45-42-39-36-34-32-29-26-24-22-20-17-14-11-8-5-2/h7,9-10,12-13,16-21,23-28,30-35,37,39,42-43,46,54H,4-6,8,11,14-15,22,29,36,38,40-41,44-45,47-53H2,1-3H3/b10-7-,12-9-,16-13-,20-17-,21-19-,25-23-,26-24-,28-27+,31-30-,34-32-,35-33-,37-18-,42-39-,46-43-. The second-order valence-corrected chi connectivity index (χ2v) is 14.7. The van der Waals surface area contributed by atoms with E-state index >= 15 is 0 Å². The first-order valence-corrected chi connectivity index (χ1v) is 23.7. The van der Waals surface area contributed by atoms with Crippen LogP contribution < -0.4 is 0 Å². The minimum Gasteiger partial charge on any atom is -0.462 e. The zero-order valence-corrected chi connectivity index (χ0v) is 39.2. The molecule has 0 fully saturated rings. The summed E-state index contributed by atoms with van der Waals surface area (Å²) in [5.41, 5.74) is 0. The number of esters is 3. The molecule has 0 aromatic heterocycles. The first kappa shape index (κ1) is 57.8. The highest BCUT2D eigenvalue weighted by molar-refractivity contribution is 5.72. The highest BCUT2D eigenvalue weighted by atomic mass is 16.6. The summed E-state index contributed by atoms with van der Waals surface area (Å²) in [6, 6.07) is 0. The van der Waals surface area contributed by atoms with Crippen LogP contribution in [0.5, 0.6) is 0 Å². The predicted octanol–water partition coefficient (Wildman–Crippen LogP) is 15.6. The summed E-state index contributed by atoms with van der Waals surface area (Å²) in [6.07, 6.45) is 73.7. The maximum absolute atomic E-state index is 12.7. The molecule has 346 valence electrons. The molecule has 0 aromatic rings. The number of carbonyl (C=O) groups is 3. The zero-order chi connectivity index (χ0) is 45.8. The van der Waals surface area contributed by atoms with Gasteiger partial charge in [0.15, 0.2) is 6.10 Å². The molecule has 0 amide bonds. The van der Waals surface area contributed by atoms with Crippen molar-refractivity contribution >= 4 is 17.9 Å². The van der Waals surface area contributed by atoms with E-state index in [-0.39, 0.29) is 38.4 Å². The fourth-order valence-electron chi connectivity index (χ4n) is 5.42. The van der Waals surface area contributed by atoms with E-state index in [1.807, 2.05) is 79.0 Å². The molecule has 0 saturated carbocycles. The average molecular weight is 863 g/mol. The van der Waals surface area contributed by atoms with Crippen molar-refractivity contribution in [1.82, 2.24) is 0 Å². The summed E-state index contributed by atoms with van der Waals surface area (Å²) in [4.78, 5) is 37.7. The third-order valence-corrected chi connectivity index (χ3v) is 8.91. The van der Waals surface area contributed by atoms with E-state index in [1.54, 1.807) is 6.08 Å². The molecular weight excluding hydrogens is 781 g/mol. The summed E-state index contributed by atoms with van der Waals surface area (Å²) >= 11 is 0. The molecule has 1 atom stereocenters. The van der Waals surface area contributed by atoms with Gasteiger partial charge in [-0.1, -0.05) is 210 Å². The monoisotopic (exact) mass is 863 g/mol. The summed E-state index contributed by atoms with van der Waals surface area (Å²) in [5.74, 6) is -1.21. The van der Waals surface area contributed by atoms with Gasteiger partial charge in [0.25, 0.3) is 0 Å². The minimum atomic E-state index is -0.869. The molecule has 6 nitrogen and oxygen atoms in total. The Balaban J connectivity index is 4.65. The highest BCUT2D eigenvalue weighted by Gasteiger charge is 2.19. The second kappa shape index (κ2) is 49.4. The van der Waals surface area contributed by atoms with E-state index in [9.17, 15) is 14.4 Å². The van der Waals surface area contributed by atoms with Crippen molar-refractivity contribution in [2.24, 2.45) is 0 Å². The second-order valence-electron chi connectivity index (χ2n) is 14.7. The van der Waals surface area contributed by atoms with Crippen LogP contribution >= 0.6 is 0 Å². The Kier molecular flexibility index (Phi) is 45.3. The Morgan fingerprint density at radius 3 is 1.32 bits per heavy atom. The van der Waals surface area contributed by atoms with E-state index in [2.05, 4.69) is 106 Å². The number of rotatable bonds is 39. The van der Waals surface area contributed by atoms with Crippen molar-refractivity contribution < 1.29 is 28.6 Å². The molecule has 0 heterocycles. The normalized spacial score (nSPS) is 13.6. The van der Waals surface area contributed by atoms with Crippen LogP contribution in [-0.4, -0.2) is 37.2 Å². The number of unbranched alkanes of at least 4 members (excludes halogenated alkanes) is 7. The van der Waals surface area contributed by atoms with Crippen LogP contribution in [0.4, 0.5) is 0 Å². The zero-order valence-electron chi connectivity index (χ0n) is 39.2. The van der Waals surface area contributed by atoms with Gasteiger partial charge in [-0.3, -0.25) is 14.4 Å². The van der Waals surface area contributed by atoms with Crippen LogP contribution in [0.3, 0.4) is 0 Å². The molecule has 0 saturated heterocycles. The van der Waals surface area contributed by atoms with Crippen LogP contribution in [0.15, 0.2) is 170 Å². The highest BCUT2D eigenvalue weighted by Crippen LogP contribution is 2.09. The van der Waals surface area contributed by atoms with Crippen molar-refractivity contribution in [2.45, 2.75) is 155 Å². The SMILES string of the molecule is CC\C=C/C=C\C=C/C=C\C=C\C=C/C=C\CCCCCC(=O)OCC(COC(=O)C/C=C\C/C=C\C/C=C\CC)OC(=O)CCC/C=C\C/C=C\C/C=C\C/C=C\CCCCC. The van der Waals surface area contributed by atoms with Crippen molar-refractivity contribution in [3.63, 3.8) is 0 Å². The molecule has 0 spiro atoms. The lowest BCUT2D eigenvalue weighted by atomic mass is 10.1. The largest absolute Gasteiger partial charge is 0.462 e. The van der Waals surface area contributed by atoms with Crippen molar-refractivity contribution in [3.05, 3.63) is 170 Å². The van der Waals surface area contributed by atoms with Crippen LogP contribution in [-0.2, 0) is 28.6 Å². The Morgan fingerprint density at radius 1 is 0.365 bits per heavy atom. The predicted molar refractivity (Wildman–Crippen MR) is 269 cm³/mol. The van der Waals surface area contributed by atoms with Gasteiger partial charge in [0.05, 0.1) is 6.42 Å². The number of hydrogen-bond acceptors (Lipinski definition) is 6. The summed E-state index contributed by atoms with van der Waals surface area (Å²) < 4.78 is 16.5. The Bertz CT molecular complexity index is 1550. The number of allylic oxidation sites excluding steroid dienone is 27. The van der Waals surface area contributed by atoms with Gasteiger partial charge in [0.2, 0.25) is 0 Å². The fraction of sp³-hybridized carbons (Fsp3) is 0.456. The molecule has 0 aliphatic heterocycles. The van der Waals surface area contributed by atoms with Crippen molar-refractivity contribution in [2.75, 3.05) is 13.2 Å². The number of ether oxygens (including phenoxy) is 3. The number of carbonyl (C=O) groups excluding carboxylic acids is 3. The van der Waals surface area contributed by atoms with Crippen LogP contribution in [0.25, 0.3) is 0 Å². The van der Waals surface area contributed by atoms with Gasteiger partial charge in [-0.25, -0.2) is 0 Å². The van der Waals surface area contributed by atoms with E-state index in [1.165, 1.54) is 25.7 Å². The van der Waals surface area contributed by atoms with Gasteiger partial charge in [-0.2, -0.15) is 0 Å². The average Bonchev–Trinajstić information content (AvgIpc) is 3.28. The first-order chi connectivity index (χ1) is 31.0. The van der Waals surface area contributed by atoms with E-state index in [0.717, 1.165) is 70.6 Å². The Hall–Kier alpha value is -5.23. The van der Waals surface area contributed by atoms with Crippen molar-refractivity contribution in [3.8, 4) is 0 Å². The van der Waals surface area contributed by atoms with Gasteiger partial charge >= 0.3 is 17.9 Å². The molecule has 6 heteroatoms. The van der Waals surface area contributed by atoms with Gasteiger partial charge < -0.3 is 14.2 Å². The van der Waals surface area contributed by atoms with Gasteiger partial charge in [0, 0.05) is 12.8 Å². The fourth-order valence-corrected chi connectivity index (χ4v) is 5.42. The maximum atomic E-state index is 12.7. The topological polar surface area (TPSA) is 78.9 Å². The van der Waals surface area contributed by atoms with Crippen LogP contribution in [0.2, 0.25) is 0 Å². The third-order valence-electron chi connectivity index (χ3n) is 8.91. The van der Waals surface area contributed by atoms with Gasteiger partial charge in [-0.05, 0) is 89.9 Å². The van der Waals surface area contributed by atoms with E-state index < -0.39 is 18.0 Å². The number of hydrogen-bond donors (Lipinski definition) is 0. The van der Waals surface area contributed by atoms with Crippen LogP contribution in [0.1, 0.15) is 149 Å². The minimum absolute atomic E-state index is 0.105. The van der Waals surface area contributed by atoms with E-state index in [0.29, 0.717) is 12.8 Å². The maximum Gasteiger partial charge on any atom is 0.309 e. The van der Waals surface area contributed by atoms with Gasteiger partial charge in [0.1, 0.15) is 13.2 Å². The van der Waals surface area contributed by atoms with Crippen molar-refractivity contribution in [1.29, 1.82) is 0 Å². The molecule has 0 aliphatic rings. The lowest BCUT2D eigenvalue weighted by molar-refractivity contribution is -0.166. The Labute approximate surface area is 383 Å². The smallest absolute Gasteiger partial charge is 0.309 e. The Morgan fingerprint density at radius 2 is 0.778 bits per heavy atom. The quantitative estimate of drug-likeness (QED) is 0.0201. The van der Waals surface area contributed by atoms with Crippen LogP contribution in [0, 0.1) is 0 Å². The third kappa shape index (κ3) is 47.7. The molecule has 1 unspecified atom stereocenters. The molecule has 0 aliphatic carbocycles. The first-order valence-electron chi connectivity index (χ1n) is 23.7. The molecular formula is C57H82O6. The molecule has 0 bridgehead atoms. The lowest BCUT2D eigenvalue weighted by Crippen LogP contribution is -2.30.